The summed E-state index contributed by atoms with van der Waals surface area (Å²) in [5.74, 6) is 0. The smallest absolute Gasteiger partial charge is 0.0831 e. The van der Waals surface area contributed by atoms with Crippen molar-refractivity contribution in [3.8, 4) is 0 Å². The first-order valence-corrected chi connectivity index (χ1v) is 5.05. The predicted molar refractivity (Wildman–Crippen MR) is 58.2 cm³/mol. The molecule has 0 bridgehead atoms. The molecular formula is C10H23OP. The van der Waals surface area contributed by atoms with E-state index in [-0.39, 0.29) is 10.8 Å². The monoisotopic (exact) mass is 190 g/mol. The fraction of sp³-hybridized carbons (Fsp3) is 1.00. The van der Waals surface area contributed by atoms with Gasteiger partial charge in [-0.15, -0.1) is 9.24 Å². The summed E-state index contributed by atoms with van der Waals surface area (Å²) in [5.41, 5.74) is 0.0920. The molecule has 0 amide bonds. The third-order valence-electron chi connectivity index (χ3n) is 2.10. The average Bonchev–Trinajstić information content (AvgIpc) is 1.52. The largest absolute Gasteiger partial charge is 0.385 e. The van der Waals surface area contributed by atoms with E-state index in [1.165, 1.54) is 0 Å². The molecule has 0 saturated heterocycles. The van der Waals surface area contributed by atoms with Crippen LogP contribution in [0.15, 0.2) is 0 Å². The third kappa shape index (κ3) is 3.87. The molecular weight excluding hydrogens is 167 g/mol. The fourth-order valence-electron chi connectivity index (χ4n) is 1.07. The van der Waals surface area contributed by atoms with Crippen LogP contribution in [-0.2, 0) is 0 Å². The Morgan fingerprint density at radius 3 is 1.42 bits per heavy atom. The molecule has 0 aliphatic rings. The van der Waals surface area contributed by atoms with Gasteiger partial charge in [-0.2, -0.15) is 0 Å². The number of aliphatic hydroxyl groups is 1. The lowest BCUT2D eigenvalue weighted by Crippen LogP contribution is -2.39. The quantitative estimate of drug-likeness (QED) is 0.630. The number of rotatable bonds is 1. The maximum atomic E-state index is 10.1. The zero-order valence-corrected chi connectivity index (χ0v) is 10.4. The van der Waals surface area contributed by atoms with Gasteiger partial charge >= 0.3 is 0 Å². The Morgan fingerprint density at radius 2 is 1.33 bits per heavy atom. The molecule has 0 aromatic carbocycles. The number of hydrogen-bond acceptors (Lipinski definition) is 1. The molecule has 0 spiro atoms. The van der Waals surface area contributed by atoms with Crippen molar-refractivity contribution in [2.75, 3.05) is 0 Å². The van der Waals surface area contributed by atoms with Crippen LogP contribution in [0.2, 0.25) is 0 Å². The van der Waals surface area contributed by atoms with Crippen molar-refractivity contribution in [1.82, 2.24) is 0 Å². The van der Waals surface area contributed by atoms with Crippen molar-refractivity contribution in [3.05, 3.63) is 0 Å². The predicted octanol–water partition coefficient (Wildman–Crippen LogP) is 3.03. The van der Waals surface area contributed by atoms with E-state index in [1.807, 2.05) is 0 Å². The molecule has 2 heteroatoms. The van der Waals surface area contributed by atoms with E-state index in [0.717, 1.165) is 6.42 Å². The van der Waals surface area contributed by atoms with Crippen LogP contribution in [0.1, 0.15) is 48.0 Å². The molecule has 0 heterocycles. The highest BCUT2D eigenvalue weighted by Gasteiger charge is 2.38. The Morgan fingerprint density at radius 1 is 1.00 bits per heavy atom. The summed E-state index contributed by atoms with van der Waals surface area (Å²) in [4.78, 5) is 0. The summed E-state index contributed by atoms with van der Waals surface area (Å²) < 4.78 is 0. The molecule has 0 aromatic rings. The minimum Gasteiger partial charge on any atom is -0.385 e. The lowest BCUT2D eigenvalue weighted by atomic mass is 9.78. The normalized spacial score (nSPS) is 19.0. The van der Waals surface area contributed by atoms with Crippen molar-refractivity contribution in [3.63, 3.8) is 0 Å². The van der Waals surface area contributed by atoms with Crippen molar-refractivity contribution < 1.29 is 5.11 Å². The van der Waals surface area contributed by atoms with Crippen molar-refractivity contribution in [1.29, 1.82) is 0 Å². The Hall–Kier alpha value is 0.390. The molecule has 0 aliphatic carbocycles. The molecule has 12 heavy (non-hydrogen) atoms. The molecule has 0 saturated carbocycles. The highest BCUT2D eigenvalue weighted by molar-refractivity contribution is 7.18. The second-order valence-electron chi connectivity index (χ2n) is 5.91. The van der Waals surface area contributed by atoms with Gasteiger partial charge in [-0.25, -0.2) is 0 Å². The molecule has 1 N–H and O–H groups in total. The molecule has 0 fully saturated rings. The lowest BCUT2D eigenvalue weighted by molar-refractivity contribution is -0.00567. The van der Waals surface area contributed by atoms with Gasteiger partial charge in [-0.05, 0) is 17.3 Å². The topological polar surface area (TPSA) is 20.2 Å². The first-order chi connectivity index (χ1) is 4.96. The summed E-state index contributed by atoms with van der Waals surface area (Å²) in [7, 11) is 2.58. The zero-order chi connectivity index (χ0) is 10.2. The van der Waals surface area contributed by atoms with E-state index in [9.17, 15) is 5.11 Å². The standard InChI is InChI=1S/C10H23OP/c1-8(2,3)7-10(11,12)9(4,5)6/h11H,7,12H2,1-6H3. The summed E-state index contributed by atoms with van der Waals surface area (Å²) in [5, 5.41) is 9.49. The SMILES string of the molecule is CC(C)(C)CC(O)(P)C(C)(C)C. The number of hydrogen-bond donors (Lipinski definition) is 1. The summed E-state index contributed by atoms with van der Waals surface area (Å²) >= 11 is 0. The highest BCUT2D eigenvalue weighted by Crippen LogP contribution is 2.43. The van der Waals surface area contributed by atoms with E-state index in [0.29, 0.717) is 0 Å². The van der Waals surface area contributed by atoms with Gasteiger partial charge in [0.05, 0.1) is 5.34 Å². The molecule has 0 radical (unpaired) electrons. The molecule has 1 nitrogen and oxygen atoms in total. The van der Waals surface area contributed by atoms with Crippen LogP contribution >= 0.6 is 9.24 Å². The molecule has 2 atom stereocenters. The average molecular weight is 190 g/mol. The van der Waals surface area contributed by atoms with E-state index in [1.54, 1.807) is 0 Å². The maximum Gasteiger partial charge on any atom is 0.0831 e. The second-order valence-corrected chi connectivity index (χ2v) is 6.87. The molecule has 0 rings (SSSR count). The van der Waals surface area contributed by atoms with E-state index in [4.69, 9.17) is 0 Å². The van der Waals surface area contributed by atoms with E-state index >= 15 is 0 Å². The first kappa shape index (κ1) is 12.4. The van der Waals surface area contributed by atoms with Crippen LogP contribution in [0, 0.1) is 10.8 Å². The maximum absolute atomic E-state index is 10.1. The van der Waals surface area contributed by atoms with Crippen LogP contribution in [0.3, 0.4) is 0 Å². The molecule has 0 aromatic heterocycles. The molecule has 2 unspecified atom stereocenters. The van der Waals surface area contributed by atoms with Crippen LogP contribution in [0.5, 0.6) is 0 Å². The lowest BCUT2D eigenvalue weighted by Gasteiger charge is -2.41. The van der Waals surface area contributed by atoms with Gasteiger partial charge in [-0.3, -0.25) is 0 Å². The van der Waals surface area contributed by atoms with Gasteiger partial charge in [0, 0.05) is 0 Å². The first-order valence-electron chi connectivity index (χ1n) is 4.47. The molecule has 0 aliphatic heterocycles. The van der Waals surface area contributed by atoms with Gasteiger partial charge in [0.1, 0.15) is 0 Å². The zero-order valence-electron chi connectivity index (χ0n) is 9.23. The van der Waals surface area contributed by atoms with E-state index in [2.05, 4.69) is 50.8 Å². The summed E-state index contributed by atoms with van der Waals surface area (Å²) in [6, 6.07) is 0. The Labute approximate surface area is 79.1 Å². The van der Waals surface area contributed by atoms with Gasteiger partial charge < -0.3 is 5.11 Å². The van der Waals surface area contributed by atoms with Gasteiger partial charge in [0.15, 0.2) is 0 Å². The summed E-state index contributed by atoms with van der Waals surface area (Å²) in [6.45, 7) is 12.6. The van der Waals surface area contributed by atoms with Crippen LogP contribution in [0.25, 0.3) is 0 Å². The van der Waals surface area contributed by atoms with E-state index < -0.39 is 5.34 Å². The van der Waals surface area contributed by atoms with Crippen molar-refractivity contribution >= 4 is 9.24 Å². The van der Waals surface area contributed by atoms with Crippen molar-refractivity contribution in [2.45, 2.75) is 53.3 Å². The van der Waals surface area contributed by atoms with Gasteiger partial charge in [0.25, 0.3) is 0 Å². The minimum atomic E-state index is -0.661. The summed E-state index contributed by atoms with van der Waals surface area (Å²) in [6.07, 6.45) is 0.800. The van der Waals surface area contributed by atoms with Crippen LogP contribution in [-0.4, -0.2) is 10.4 Å². The molecule has 74 valence electrons. The Balaban J connectivity index is 4.44. The minimum absolute atomic E-state index is 0.0784. The van der Waals surface area contributed by atoms with Crippen molar-refractivity contribution in [2.24, 2.45) is 10.8 Å². The van der Waals surface area contributed by atoms with Crippen LogP contribution < -0.4 is 0 Å². The second kappa shape index (κ2) is 3.27. The fourth-order valence-corrected chi connectivity index (χ4v) is 1.69. The Kier molecular flexibility index (Phi) is 3.38. The Bertz CT molecular complexity index is 148. The van der Waals surface area contributed by atoms with Gasteiger partial charge in [0.2, 0.25) is 0 Å². The third-order valence-corrected chi connectivity index (χ3v) is 3.17. The highest BCUT2D eigenvalue weighted by atomic mass is 31.0. The van der Waals surface area contributed by atoms with Gasteiger partial charge in [-0.1, -0.05) is 41.5 Å². The van der Waals surface area contributed by atoms with Crippen LogP contribution in [0.4, 0.5) is 0 Å².